The van der Waals surface area contributed by atoms with Gasteiger partial charge in [-0.05, 0) is 30.3 Å². The normalized spacial score (nSPS) is 10.4. The van der Waals surface area contributed by atoms with Crippen molar-refractivity contribution in [2.45, 2.75) is 0 Å². The lowest BCUT2D eigenvalue weighted by atomic mass is 10.2. The molecule has 0 atom stereocenters. The van der Waals surface area contributed by atoms with Gasteiger partial charge in [0.15, 0.2) is 0 Å². The van der Waals surface area contributed by atoms with E-state index >= 15 is 0 Å². The van der Waals surface area contributed by atoms with Crippen LogP contribution in [0.4, 0.5) is 11.5 Å². The minimum Gasteiger partial charge on any atom is -0.340 e. The highest BCUT2D eigenvalue weighted by molar-refractivity contribution is 5.82. The molecule has 0 saturated heterocycles. The summed E-state index contributed by atoms with van der Waals surface area (Å²) in [7, 11) is 0. The third-order valence-corrected chi connectivity index (χ3v) is 2.54. The highest BCUT2D eigenvalue weighted by Gasteiger charge is 1.97. The first kappa shape index (κ1) is 9.78. The third kappa shape index (κ3) is 2.08. The zero-order chi connectivity index (χ0) is 11.5. The second-order valence-corrected chi connectivity index (χ2v) is 3.75. The van der Waals surface area contributed by atoms with Gasteiger partial charge in [-0.25, -0.2) is 4.98 Å². The third-order valence-electron chi connectivity index (χ3n) is 2.54. The largest absolute Gasteiger partial charge is 0.340 e. The molecule has 0 aliphatic rings. The summed E-state index contributed by atoms with van der Waals surface area (Å²) >= 11 is 0. The highest BCUT2D eigenvalue weighted by Crippen LogP contribution is 2.19. The Kier molecular flexibility index (Phi) is 2.43. The summed E-state index contributed by atoms with van der Waals surface area (Å²) in [6.45, 7) is 0. The molecule has 2 aromatic heterocycles. The summed E-state index contributed by atoms with van der Waals surface area (Å²) in [4.78, 5) is 8.55. The Labute approximate surface area is 99.2 Å². The molecule has 82 valence electrons. The van der Waals surface area contributed by atoms with E-state index in [2.05, 4.69) is 15.3 Å². The first-order chi connectivity index (χ1) is 8.42. The lowest BCUT2D eigenvalue weighted by Gasteiger charge is -2.05. The second kappa shape index (κ2) is 4.22. The van der Waals surface area contributed by atoms with Gasteiger partial charge >= 0.3 is 0 Å². The zero-order valence-corrected chi connectivity index (χ0v) is 9.17. The van der Waals surface area contributed by atoms with Crippen molar-refractivity contribution in [3.05, 3.63) is 60.9 Å². The van der Waals surface area contributed by atoms with Gasteiger partial charge in [-0.2, -0.15) is 0 Å². The molecule has 3 heteroatoms. The fourth-order valence-electron chi connectivity index (χ4n) is 1.73. The monoisotopic (exact) mass is 221 g/mol. The molecule has 0 aliphatic carbocycles. The average Bonchev–Trinajstić information content (AvgIpc) is 2.40. The Morgan fingerprint density at radius 1 is 0.824 bits per heavy atom. The highest BCUT2D eigenvalue weighted by atomic mass is 15.0. The molecule has 1 aromatic carbocycles. The molecule has 0 saturated carbocycles. The SMILES string of the molecule is c1ccc(Nc2ccc3cccnc3c2)nc1. The van der Waals surface area contributed by atoms with Crippen LogP contribution in [0.25, 0.3) is 10.9 Å². The van der Waals surface area contributed by atoms with Crippen LogP contribution in [-0.2, 0) is 0 Å². The minimum atomic E-state index is 0.836. The first-order valence-electron chi connectivity index (χ1n) is 5.45. The number of aromatic nitrogens is 2. The fourth-order valence-corrected chi connectivity index (χ4v) is 1.73. The summed E-state index contributed by atoms with van der Waals surface area (Å²) in [6.07, 6.45) is 3.56. The van der Waals surface area contributed by atoms with Gasteiger partial charge in [0.05, 0.1) is 5.52 Å². The van der Waals surface area contributed by atoms with E-state index in [4.69, 9.17) is 0 Å². The number of hydrogen-bond donors (Lipinski definition) is 1. The van der Waals surface area contributed by atoms with E-state index in [0.717, 1.165) is 22.4 Å². The van der Waals surface area contributed by atoms with E-state index in [-0.39, 0.29) is 0 Å². The van der Waals surface area contributed by atoms with Crippen molar-refractivity contribution >= 4 is 22.4 Å². The number of fused-ring (bicyclic) bond motifs is 1. The van der Waals surface area contributed by atoms with Crippen molar-refractivity contribution in [1.29, 1.82) is 0 Å². The van der Waals surface area contributed by atoms with Crippen molar-refractivity contribution in [1.82, 2.24) is 9.97 Å². The number of nitrogens with zero attached hydrogens (tertiary/aromatic N) is 2. The Morgan fingerprint density at radius 3 is 2.65 bits per heavy atom. The Balaban J connectivity index is 1.96. The molecule has 1 N–H and O–H groups in total. The lowest BCUT2D eigenvalue weighted by Crippen LogP contribution is -1.92. The zero-order valence-electron chi connectivity index (χ0n) is 9.17. The van der Waals surface area contributed by atoms with Crippen LogP contribution in [0.2, 0.25) is 0 Å². The molecular formula is C14H11N3. The van der Waals surface area contributed by atoms with Crippen LogP contribution in [0.15, 0.2) is 60.9 Å². The van der Waals surface area contributed by atoms with E-state index in [1.54, 1.807) is 12.4 Å². The quantitative estimate of drug-likeness (QED) is 0.721. The topological polar surface area (TPSA) is 37.8 Å². The van der Waals surface area contributed by atoms with E-state index in [0.29, 0.717) is 0 Å². The molecule has 0 spiro atoms. The van der Waals surface area contributed by atoms with Gasteiger partial charge in [-0.3, -0.25) is 4.98 Å². The number of nitrogens with one attached hydrogen (secondary N) is 1. The van der Waals surface area contributed by atoms with Crippen molar-refractivity contribution in [3.8, 4) is 0 Å². The average molecular weight is 221 g/mol. The lowest BCUT2D eigenvalue weighted by molar-refractivity contribution is 1.31. The van der Waals surface area contributed by atoms with E-state index < -0.39 is 0 Å². The smallest absolute Gasteiger partial charge is 0.130 e. The molecule has 3 aromatic rings. The minimum absolute atomic E-state index is 0.836. The van der Waals surface area contributed by atoms with Crippen molar-refractivity contribution in [3.63, 3.8) is 0 Å². The molecule has 3 nitrogen and oxygen atoms in total. The molecule has 0 radical (unpaired) electrons. The van der Waals surface area contributed by atoms with Crippen LogP contribution in [0.1, 0.15) is 0 Å². The summed E-state index contributed by atoms with van der Waals surface area (Å²) < 4.78 is 0. The number of benzene rings is 1. The maximum atomic E-state index is 4.32. The molecule has 3 rings (SSSR count). The Bertz CT molecular complexity index is 635. The van der Waals surface area contributed by atoms with Crippen LogP contribution in [0, 0.1) is 0 Å². The van der Waals surface area contributed by atoms with E-state index in [1.807, 2.05) is 48.5 Å². The van der Waals surface area contributed by atoms with Crippen LogP contribution >= 0.6 is 0 Å². The Hall–Kier alpha value is -2.42. The predicted molar refractivity (Wildman–Crippen MR) is 69.3 cm³/mol. The maximum absolute atomic E-state index is 4.32. The summed E-state index contributed by atoms with van der Waals surface area (Å²) in [6, 6.07) is 15.9. The maximum Gasteiger partial charge on any atom is 0.130 e. The predicted octanol–water partition coefficient (Wildman–Crippen LogP) is 3.37. The number of hydrogen-bond acceptors (Lipinski definition) is 3. The molecule has 0 aliphatic heterocycles. The van der Waals surface area contributed by atoms with Crippen molar-refractivity contribution < 1.29 is 0 Å². The molecule has 0 unspecified atom stereocenters. The van der Waals surface area contributed by atoms with Crippen molar-refractivity contribution in [2.75, 3.05) is 5.32 Å². The molecule has 0 amide bonds. The summed E-state index contributed by atoms with van der Waals surface area (Å²) in [5.74, 6) is 0.836. The van der Waals surface area contributed by atoms with Gasteiger partial charge in [-0.15, -0.1) is 0 Å². The molecular weight excluding hydrogens is 210 g/mol. The van der Waals surface area contributed by atoms with Gasteiger partial charge in [0.1, 0.15) is 5.82 Å². The number of rotatable bonds is 2. The molecule has 2 heterocycles. The van der Waals surface area contributed by atoms with E-state index in [1.165, 1.54) is 0 Å². The summed E-state index contributed by atoms with van der Waals surface area (Å²) in [5, 5.41) is 4.38. The van der Waals surface area contributed by atoms with E-state index in [9.17, 15) is 0 Å². The summed E-state index contributed by atoms with van der Waals surface area (Å²) in [5.41, 5.74) is 1.98. The molecule has 0 bridgehead atoms. The Morgan fingerprint density at radius 2 is 1.76 bits per heavy atom. The van der Waals surface area contributed by atoms with Gasteiger partial charge in [0.2, 0.25) is 0 Å². The van der Waals surface area contributed by atoms with Gasteiger partial charge in [0.25, 0.3) is 0 Å². The van der Waals surface area contributed by atoms with Crippen LogP contribution in [0.5, 0.6) is 0 Å². The molecule has 17 heavy (non-hydrogen) atoms. The van der Waals surface area contributed by atoms with Crippen molar-refractivity contribution in [2.24, 2.45) is 0 Å². The van der Waals surface area contributed by atoms with Gasteiger partial charge in [0, 0.05) is 23.5 Å². The van der Waals surface area contributed by atoms with Gasteiger partial charge in [-0.1, -0.05) is 18.2 Å². The number of anilines is 2. The number of pyridine rings is 2. The van der Waals surface area contributed by atoms with Crippen LogP contribution in [-0.4, -0.2) is 9.97 Å². The van der Waals surface area contributed by atoms with Crippen LogP contribution < -0.4 is 5.32 Å². The standard InChI is InChI=1S/C14H11N3/c1-2-8-16-14(5-1)17-12-7-6-11-4-3-9-15-13(11)10-12/h1-10H,(H,16,17). The van der Waals surface area contributed by atoms with Gasteiger partial charge < -0.3 is 5.32 Å². The second-order valence-electron chi connectivity index (χ2n) is 3.75. The first-order valence-corrected chi connectivity index (χ1v) is 5.45. The molecule has 0 fully saturated rings. The fraction of sp³-hybridized carbons (Fsp3) is 0. The van der Waals surface area contributed by atoms with Crippen LogP contribution in [0.3, 0.4) is 0 Å².